The number of sulfone groups is 1. The number of hydrogen-bond acceptors (Lipinski definition) is 7. The number of imide groups is 1. The molecule has 8 nitrogen and oxygen atoms in total. The van der Waals surface area contributed by atoms with Crippen molar-refractivity contribution in [1.29, 1.82) is 0 Å². The maximum Gasteiger partial charge on any atom is 0.293 e. The Bertz CT molecular complexity index is 955. The SMILES string of the molecule is COc1ccc(/C=C2\SC(=O)N(CCC(=O)N(C)[C@H]3CCS(=O)(=O)C3)C2=O)cc1. The summed E-state index contributed by atoms with van der Waals surface area (Å²) in [5.74, 6) is 0.00334. The molecule has 2 fully saturated rings. The summed E-state index contributed by atoms with van der Waals surface area (Å²) >= 11 is 0.835. The number of benzene rings is 1. The summed E-state index contributed by atoms with van der Waals surface area (Å²) in [5, 5.41) is -0.423. The average Bonchev–Trinajstić information content (AvgIpc) is 3.18. The lowest BCUT2D eigenvalue weighted by atomic mass is 10.2. The zero-order valence-corrected chi connectivity index (χ0v) is 17.8. The van der Waals surface area contributed by atoms with Crippen molar-refractivity contribution in [3.63, 3.8) is 0 Å². The number of ether oxygens (including phenoxy) is 1. The van der Waals surface area contributed by atoms with Crippen molar-refractivity contribution in [2.24, 2.45) is 0 Å². The molecule has 0 saturated carbocycles. The zero-order chi connectivity index (χ0) is 21.2. The summed E-state index contributed by atoms with van der Waals surface area (Å²) in [6.45, 7) is -0.0345. The highest BCUT2D eigenvalue weighted by atomic mass is 32.2. The van der Waals surface area contributed by atoms with E-state index in [1.165, 1.54) is 4.90 Å². The third-order valence-electron chi connectivity index (χ3n) is 4.99. The molecule has 1 aromatic rings. The first-order valence-corrected chi connectivity index (χ1v) is 11.7. The minimum atomic E-state index is -3.09. The highest BCUT2D eigenvalue weighted by Crippen LogP contribution is 2.32. The van der Waals surface area contributed by atoms with Crippen LogP contribution in [0.1, 0.15) is 18.4 Å². The van der Waals surface area contributed by atoms with E-state index in [-0.39, 0.29) is 36.4 Å². The van der Waals surface area contributed by atoms with Crippen LogP contribution in [0.25, 0.3) is 6.08 Å². The van der Waals surface area contributed by atoms with Gasteiger partial charge in [-0.05, 0) is 42.0 Å². The smallest absolute Gasteiger partial charge is 0.293 e. The molecule has 0 radical (unpaired) electrons. The summed E-state index contributed by atoms with van der Waals surface area (Å²) < 4.78 is 28.3. The highest BCUT2D eigenvalue weighted by molar-refractivity contribution is 8.18. The second-order valence-corrected chi connectivity index (χ2v) is 10.1. The van der Waals surface area contributed by atoms with E-state index in [9.17, 15) is 22.8 Å². The molecule has 0 bridgehead atoms. The van der Waals surface area contributed by atoms with Gasteiger partial charge in [0.2, 0.25) is 5.91 Å². The maximum atomic E-state index is 12.6. The number of rotatable bonds is 6. The predicted molar refractivity (Wildman–Crippen MR) is 110 cm³/mol. The van der Waals surface area contributed by atoms with Gasteiger partial charge in [-0.3, -0.25) is 19.3 Å². The molecule has 2 saturated heterocycles. The Morgan fingerprint density at radius 3 is 2.59 bits per heavy atom. The van der Waals surface area contributed by atoms with Gasteiger partial charge in [-0.15, -0.1) is 0 Å². The van der Waals surface area contributed by atoms with Gasteiger partial charge in [0, 0.05) is 26.1 Å². The number of carbonyl (C=O) groups is 3. The lowest BCUT2D eigenvalue weighted by molar-refractivity contribution is -0.132. The molecule has 156 valence electrons. The minimum absolute atomic E-state index is 0.0345. The van der Waals surface area contributed by atoms with Gasteiger partial charge in [0.25, 0.3) is 11.1 Å². The van der Waals surface area contributed by atoms with Crippen molar-refractivity contribution in [2.45, 2.75) is 18.9 Å². The van der Waals surface area contributed by atoms with E-state index >= 15 is 0 Å². The Hall–Kier alpha value is -2.33. The number of methoxy groups -OCH3 is 1. The molecule has 2 aliphatic rings. The van der Waals surface area contributed by atoms with Crippen molar-refractivity contribution < 1.29 is 27.5 Å². The molecular weight excluding hydrogens is 416 g/mol. The molecule has 0 aromatic heterocycles. The van der Waals surface area contributed by atoms with Gasteiger partial charge in [-0.1, -0.05) is 12.1 Å². The molecule has 1 aromatic carbocycles. The van der Waals surface area contributed by atoms with Gasteiger partial charge in [-0.2, -0.15) is 0 Å². The first-order valence-electron chi connectivity index (χ1n) is 9.05. The third kappa shape index (κ3) is 4.99. The van der Waals surface area contributed by atoms with Crippen LogP contribution in [0.2, 0.25) is 0 Å². The summed E-state index contributed by atoms with van der Waals surface area (Å²) in [5.41, 5.74) is 0.759. The molecule has 0 N–H and O–H groups in total. The van der Waals surface area contributed by atoms with Crippen LogP contribution in [0, 0.1) is 0 Å². The van der Waals surface area contributed by atoms with Crippen molar-refractivity contribution in [1.82, 2.24) is 9.80 Å². The van der Waals surface area contributed by atoms with Gasteiger partial charge in [0.15, 0.2) is 9.84 Å². The lowest BCUT2D eigenvalue weighted by Gasteiger charge is -2.24. The van der Waals surface area contributed by atoms with Crippen LogP contribution in [0.5, 0.6) is 5.75 Å². The Morgan fingerprint density at radius 2 is 2.00 bits per heavy atom. The first kappa shape index (κ1) is 21.4. The number of amides is 3. The fourth-order valence-electron chi connectivity index (χ4n) is 3.21. The van der Waals surface area contributed by atoms with Crippen molar-refractivity contribution >= 4 is 44.7 Å². The Balaban J connectivity index is 1.59. The van der Waals surface area contributed by atoms with Crippen LogP contribution >= 0.6 is 11.8 Å². The van der Waals surface area contributed by atoms with E-state index in [4.69, 9.17) is 4.74 Å². The number of nitrogens with zero attached hydrogens (tertiary/aromatic N) is 2. The van der Waals surface area contributed by atoms with E-state index in [0.717, 1.165) is 22.2 Å². The molecule has 0 aliphatic carbocycles. The number of hydrogen-bond donors (Lipinski definition) is 0. The highest BCUT2D eigenvalue weighted by Gasteiger charge is 2.36. The van der Waals surface area contributed by atoms with E-state index in [1.54, 1.807) is 44.5 Å². The Kier molecular flexibility index (Phi) is 6.33. The monoisotopic (exact) mass is 438 g/mol. The van der Waals surface area contributed by atoms with Crippen molar-refractivity contribution in [3.05, 3.63) is 34.7 Å². The van der Waals surface area contributed by atoms with E-state index < -0.39 is 21.0 Å². The third-order valence-corrected chi connectivity index (χ3v) is 7.64. The van der Waals surface area contributed by atoms with Gasteiger partial charge < -0.3 is 9.64 Å². The first-order chi connectivity index (χ1) is 13.7. The second-order valence-electron chi connectivity index (χ2n) is 6.92. The van der Waals surface area contributed by atoms with E-state index in [2.05, 4.69) is 0 Å². The van der Waals surface area contributed by atoms with Crippen LogP contribution in [0.3, 0.4) is 0 Å². The van der Waals surface area contributed by atoms with Crippen LogP contribution in [-0.2, 0) is 19.4 Å². The summed E-state index contributed by atoms with van der Waals surface area (Å²) in [6, 6.07) is 6.72. The topological polar surface area (TPSA) is 101 Å². The predicted octanol–water partition coefficient (Wildman–Crippen LogP) is 1.77. The summed E-state index contributed by atoms with van der Waals surface area (Å²) in [7, 11) is 0.0261. The van der Waals surface area contributed by atoms with E-state index in [1.807, 2.05) is 0 Å². The molecule has 0 unspecified atom stereocenters. The molecule has 3 amide bonds. The Morgan fingerprint density at radius 1 is 1.31 bits per heavy atom. The molecule has 0 spiro atoms. The largest absolute Gasteiger partial charge is 0.497 e. The second kappa shape index (κ2) is 8.58. The minimum Gasteiger partial charge on any atom is -0.497 e. The van der Waals surface area contributed by atoms with Crippen LogP contribution in [-0.4, -0.2) is 73.5 Å². The molecule has 10 heteroatoms. The van der Waals surface area contributed by atoms with Crippen LogP contribution in [0.4, 0.5) is 4.79 Å². The van der Waals surface area contributed by atoms with Crippen LogP contribution < -0.4 is 4.74 Å². The molecule has 2 aliphatic heterocycles. The number of thioether (sulfide) groups is 1. The fraction of sp³-hybridized carbons (Fsp3) is 0.421. The fourth-order valence-corrected chi connectivity index (χ4v) is 5.85. The molecular formula is C19H22N2O6S2. The lowest BCUT2D eigenvalue weighted by Crippen LogP contribution is -2.40. The van der Waals surface area contributed by atoms with Gasteiger partial charge in [0.1, 0.15) is 5.75 Å². The van der Waals surface area contributed by atoms with Crippen molar-refractivity contribution in [3.8, 4) is 5.75 Å². The quantitative estimate of drug-likeness (QED) is 0.624. The summed E-state index contributed by atoms with van der Waals surface area (Å²) in [6.07, 6.45) is 2.00. The normalized spacial score (nSPS) is 22.3. The molecule has 1 atom stereocenters. The average molecular weight is 439 g/mol. The van der Waals surface area contributed by atoms with Gasteiger partial charge >= 0.3 is 0 Å². The summed E-state index contributed by atoms with van der Waals surface area (Å²) in [4.78, 5) is 39.9. The zero-order valence-electron chi connectivity index (χ0n) is 16.2. The van der Waals surface area contributed by atoms with Gasteiger partial charge in [0.05, 0.1) is 23.5 Å². The number of carbonyl (C=O) groups excluding carboxylic acids is 3. The maximum absolute atomic E-state index is 12.6. The standard InChI is InChI=1S/C19H22N2O6S2/c1-20(14-8-10-29(25,26)12-14)17(22)7-9-21-18(23)16(28-19(21)24)11-13-3-5-15(27-2)6-4-13/h3-6,11,14H,7-10,12H2,1-2H3/b16-11-/t14-/m0/s1. The van der Waals surface area contributed by atoms with Crippen LogP contribution in [0.15, 0.2) is 29.2 Å². The van der Waals surface area contributed by atoms with Crippen molar-refractivity contribution in [2.75, 3.05) is 32.2 Å². The van der Waals surface area contributed by atoms with Gasteiger partial charge in [-0.25, -0.2) is 8.42 Å². The Labute approximate surface area is 173 Å². The molecule has 2 heterocycles. The molecule has 29 heavy (non-hydrogen) atoms. The molecule has 3 rings (SSSR count). The van der Waals surface area contributed by atoms with E-state index in [0.29, 0.717) is 17.1 Å².